The summed E-state index contributed by atoms with van der Waals surface area (Å²) >= 11 is 0. The van der Waals surface area contributed by atoms with Crippen LogP contribution in [0.3, 0.4) is 0 Å². The highest BCUT2D eigenvalue weighted by atomic mass is 16.5. The minimum Gasteiger partial charge on any atom is -0.389 e. The van der Waals surface area contributed by atoms with Crippen molar-refractivity contribution in [1.82, 2.24) is 15.5 Å². The normalized spacial score (nSPS) is 26.6. The van der Waals surface area contributed by atoms with Gasteiger partial charge in [-0.1, -0.05) is 29.8 Å². The average molecular weight is 349 g/mol. The second-order valence-corrected chi connectivity index (χ2v) is 6.62. The van der Waals surface area contributed by atoms with E-state index >= 15 is 0 Å². The van der Waals surface area contributed by atoms with E-state index in [0.717, 1.165) is 0 Å². The fraction of sp³-hybridized carbons (Fsp3) is 0.611. The maximum atomic E-state index is 12.1. The number of hydrogen-bond acceptors (Lipinski definition) is 5. The number of nitrogens with one attached hydrogen (secondary N) is 2. The smallest absolute Gasteiger partial charge is 0.317 e. The Morgan fingerprint density at radius 1 is 1.28 bits per heavy atom. The van der Waals surface area contributed by atoms with Crippen LogP contribution in [0, 0.1) is 6.92 Å². The Bertz CT molecular complexity index is 560. The third kappa shape index (κ3) is 4.92. The van der Waals surface area contributed by atoms with Crippen molar-refractivity contribution in [2.75, 3.05) is 39.5 Å². The van der Waals surface area contributed by atoms with Gasteiger partial charge in [-0.3, -0.25) is 0 Å². The zero-order valence-corrected chi connectivity index (χ0v) is 14.6. The van der Waals surface area contributed by atoms with E-state index in [1.807, 2.05) is 0 Å². The summed E-state index contributed by atoms with van der Waals surface area (Å²) in [5, 5.41) is 16.6. The Morgan fingerprint density at radius 2 is 2.00 bits per heavy atom. The number of nitrogens with zero attached hydrogens (tertiary/aromatic N) is 1. The topological polar surface area (TPSA) is 83.1 Å². The standard InChI is InChI=1S/C18H27N3O4/c1-13-2-4-14(5-3-13)10-19-15-12-25-16(17(15)22)11-20-18(23)21-6-8-24-9-7-21/h2-5,15-17,19,22H,6-12H2,1H3,(H,20,23). The van der Waals surface area contributed by atoms with E-state index in [-0.39, 0.29) is 18.2 Å². The number of urea groups is 1. The quantitative estimate of drug-likeness (QED) is 0.710. The fourth-order valence-electron chi connectivity index (χ4n) is 3.06. The number of amides is 2. The lowest BCUT2D eigenvalue weighted by molar-refractivity contribution is 0.0360. The van der Waals surface area contributed by atoms with E-state index in [2.05, 4.69) is 41.8 Å². The highest BCUT2D eigenvalue weighted by Gasteiger charge is 2.35. The predicted molar refractivity (Wildman–Crippen MR) is 93.3 cm³/mol. The van der Waals surface area contributed by atoms with Crippen LogP contribution < -0.4 is 10.6 Å². The summed E-state index contributed by atoms with van der Waals surface area (Å²) in [5.74, 6) is 0. The Labute approximate surface area is 148 Å². The second-order valence-electron chi connectivity index (χ2n) is 6.62. The minimum atomic E-state index is -0.643. The lowest BCUT2D eigenvalue weighted by Gasteiger charge is -2.27. The SMILES string of the molecule is Cc1ccc(CNC2COC(CNC(=O)N3CCOCC3)C2O)cc1. The molecule has 0 radical (unpaired) electrons. The van der Waals surface area contributed by atoms with Gasteiger partial charge in [0.2, 0.25) is 0 Å². The Kier molecular flexibility index (Phi) is 6.25. The number of rotatable bonds is 5. The molecule has 3 N–H and O–H groups in total. The molecule has 7 heteroatoms. The zero-order valence-electron chi connectivity index (χ0n) is 14.6. The van der Waals surface area contributed by atoms with Crippen molar-refractivity contribution in [2.24, 2.45) is 0 Å². The van der Waals surface area contributed by atoms with Gasteiger partial charge in [0, 0.05) is 26.2 Å². The van der Waals surface area contributed by atoms with E-state index in [9.17, 15) is 9.90 Å². The van der Waals surface area contributed by atoms with Crippen molar-refractivity contribution in [2.45, 2.75) is 31.7 Å². The molecule has 3 unspecified atom stereocenters. The summed E-state index contributed by atoms with van der Waals surface area (Å²) in [6.07, 6.45) is -1.03. The van der Waals surface area contributed by atoms with E-state index in [4.69, 9.17) is 9.47 Å². The van der Waals surface area contributed by atoms with E-state index in [1.54, 1.807) is 4.90 Å². The largest absolute Gasteiger partial charge is 0.389 e. The number of benzene rings is 1. The molecule has 0 saturated carbocycles. The Balaban J connectivity index is 1.41. The van der Waals surface area contributed by atoms with Crippen LogP contribution in [0.2, 0.25) is 0 Å². The number of carbonyl (C=O) groups is 1. The number of carbonyl (C=O) groups excluding carboxylic acids is 1. The second kappa shape index (κ2) is 8.62. The molecule has 0 bridgehead atoms. The maximum Gasteiger partial charge on any atom is 0.317 e. The summed E-state index contributed by atoms with van der Waals surface area (Å²) in [6.45, 7) is 5.81. The molecule has 138 valence electrons. The molecule has 2 aliphatic rings. The molecule has 2 aliphatic heterocycles. The number of aryl methyl sites for hydroxylation is 1. The summed E-state index contributed by atoms with van der Waals surface area (Å²) in [4.78, 5) is 13.8. The van der Waals surface area contributed by atoms with Crippen LogP contribution in [0.5, 0.6) is 0 Å². The van der Waals surface area contributed by atoms with Gasteiger partial charge in [0.1, 0.15) is 6.10 Å². The third-order valence-electron chi connectivity index (χ3n) is 4.72. The molecule has 1 aromatic rings. The van der Waals surface area contributed by atoms with Gasteiger partial charge < -0.3 is 30.1 Å². The van der Waals surface area contributed by atoms with Crippen molar-refractivity contribution < 1.29 is 19.4 Å². The number of aliphatic hydroxyl groups excluding tert-OH is 1. The van der Waals surface area contributed by atoms with Crippen LogP contribution in [0.1, 0.15) is 11.1 Å². The third-order valence-corrected chi connectivity index (χ3v) is 4.72. The number of hydrogen-bond donors (Lipinski definition) is 3. The van der Waals surface area contributed by atoms with Gasteiger partial charge in [0.25, 0.3) is 0 Å². The Hall–Kier alpha value is -1.67. The molecule has 2 amide bonds. The molecule has 25 heavy (non-hydrogen) atoms. The first-order valence-corrected chi connectivity index (χ1v) is 8.82. The molecule has 3 rings (SSSR count). The van der Waals surface area contributed by atoms with Gasteiger partial charge in [-0.15, -0.1) is 0 Å². The van der Waals surface area contributed by atoms with Crippen LogP contribution in [-0.2, 0) is 16.0 Å². The molecule has 2 heterocycles. The lowest BCUT2D eigenvalue weighted by Crippen LogP contribution is -2.50. The first-order chi connectivity index (χ1) is 12.1. The molecule has 0 spiro atoms. The number of morpholine rings is 1. The molecule has 0 aromatic heterocycles. The summed E-state index contributed by atoms with van der Waals surface area (Å²) in [6, 6.07) is 8.03. The zero-order chi connectivity index (χ0) is 17.6. The van der Waals surface area contributed by atoms with E-state index in [0.29, 0.717) is 46.0 Å². The molecule has 2 fully saturated rings. The van der Waals surface area contributed by atoms with Crippen LogP contribution in [0.15, 0.2) is 24.3 Å². The van der Waals surface area contributed by atoms with Crippen LogP contribution in [0.4, 0.5) is 4.79 Å². The van der Waals surface area contributed by atoms with Crippen molar-refractivity contribution in [3.8, 4) is 0 Å². The van der Waals surface area contributed by atoms with Gasteiger partial charge in [0.15, 0.2) is 0 Å². The molecule has 1 aromatic carbocycles. The first kappa shape index (κ1) is 18.1. The fourth-order valence-corrected chi connectivity index (χ4v) is 3.06. The summed E-state index contributed by atoms with van der Waals surface area (Å²) in [5.41, 5.74) is 2.39. The van der Waals surface area contributed by atoms with Crippen molar-refractivity contribution in [1.29, 1.82) is 0 Å². The number of aliphatic hydroxyl groups is 1. The molecule has 3 atom stereocenters. The van der Waals surface area contributed by atoms with E-state index in [1.165, 1.54) is 11.1 Å². The van der Waals surface area contributed by atoms with Gasteiger partial charge in [-0.2, -0.15) is 0 Å². The molecular formula is C18H27N3O4. The highest BCUT2D eigenvalue weighted by Crippen LogP contribution is 2.15. The molecule has 7 nitrogen and oxygen atoms in total. The monoisotopic (exact) mass is 349 g/mol. The molecule has 2 saturated heterocycles. The number of ether oxygens (including phenoxy) is 2. The molecule has 0 aliphatic carbocycles. The van der Waals surface area contributed by atoms with Gasteiger partial charge >= 0.3 is 6.03 Å². The van der Waals surface area contributed by atoms with E-state index < -0.39 is 6.10 Å². The van der Waals surface area contributed by atoms with Gasteiger partial charge in [-0.25, -0.2) is 4.79 Å². The predicted octanol–water partition coefficient (Wildman–Crippen LogP) is 0.255. The van der Waals surface area contributed by atoms with Crippen molar-refractivity contribution in [3.05, 3.63) is 35.4 Å². The maximum absolute atomic E-state index is 12.1. The summed E-state index contributed by atoms with van der Waals surface area (Å²) in [7, 11) is 0. The minimum absolute atomic E-state index is 0.129. The van der Waals surface area contributed by atoms with Crippen LogP contribution >= 0.6 is 0 Å². The van der Waals surface area contributed by atoms with Crippen LogP contribution in [-0.4, -0.2) is 73.7 Å². The first-order valence-electron chi connectivity index (χ1n) is 8.82. The lowest BCUT2D eigenvalue weighted by atomic mass is 10.1. The van der Waals surface area contributed by atoms with Crippen LogP contribution in [0.25, 0.3) is 0 Å². The van der Waals surface area contributed by atoms with Crippen molar-refractivity contribution in [3.63, 3.8) is 0 Å². The molecular weight excluding hydrogens is 322 g/mol. The van der Waals surface area contributed by atoms with Gasteiger partial charge in [-0.05, 0) is 12.5 Å². The Morgan fingerprint density at radius 3 is 2.72 bits per heavy atom. The van der Waals surface area contributed by atoms with Crippen molar-refractivity contribution >= 4 is 6.03 Å². The van der Waals surface area contributed by atoms with Gasteiger partial charge in [0.05, 0.1) is 32.0 Å². The summed E-state index contributed by atoms with van der Waals surface area (Å²) < 4.78 is 10.9. The average Bonchev–Trinajstić information content (AvgIpc) is 3.00. The highest BCUT2D eigenvalue weighted by molar-refractivity contribution is 5.74.